The number of hydrogen-bond donors (Lipinski definition) is 1. The minimum atomic E-state index is -1.04. The van der Waals surface area contributed by atoms with E-state index in [0.29, 0.717) is 13.0 Å². The number of carbonyl (C=O) groups excluding carboxylic acids is 1. The highest BCUT2D eigenvalue weighted by atomic mass is 16.5. The van der Waals surface area contributed by atoms with Crippen LogP contribution in [0.4, 0.5) is 0 Å². The fraction of sp³-hybridized carbons (Fsp3) is 0.444. The van der Waals surface area contributed by atoms with Gasteiger partial charge in [0.2, 0.25) is 0 Å². The number of rotatable bonds is 5. The molecule has 6 heteroatoms. The van der Waals surface area contributed by atoms with Crippen molar-refractivity contribution in [3.05, 3.63) is 18.0 Å². The molecule has 1 rings (SSSR count). The maximum Gasteiger partial charge on any atom is 0.323 e. The van der Waals surface area contributed by atoms with Crippen LogP contribution in [0.15, 0.2) is 16.9 Å². The van der Waals surface area contributed by atoms with E-state index < -0.39 is 11.9 Å². The maximum absolute atomic E-state index is 11.7. The SMILES string of the molecule is CCCN(CC(=O)O)C(=O)c1ccon1. The molecule has 0 fully saturated rings. The first-order valence-electron chi connectivity index (χ1n) is 4.56. The Hall–Kier alpha value is -1.85. The summed E-state index contributed by atoms with van der Waals surface area (Å²) in [4.78, 5) is 23.4. The number of aromatic nitrogens is 1. The van der Waals surface area contributed by atoms with Gasteiger partial charge in [-0.05, 0) is 6.42 Å². The molecule has 0 atom stereocenters. The molecular formula is C9H12N2O4. The first-order chi connectivity index (χ1) is 7.15. The summed E-state index contributed by atoms with van der Waals surface area (Å²) < 4.78 is 4.52. The van der Waals surface area contributed by atoms with E-state index in [4.69, 9.17) is 5.11 Å². The molecule has 0 aliphatic heterocycles. The zero-order valence-electron chi connectivity index (χ0n) is 8.34. The number of hydrogen-bond acceptors (Lipinski definition) is 4. The van der Waals surface area contributed by atoms with Gasteiger partial charge in [-0.15, -0.1) is 0 Å². The Bertz CT molecular complexity index is 334. The van der Waals surface area contributed by atoms with E-state index in [1.807, 2.05) is 6.92 Å². The van der Waals surface area contributed by atoms with Gasteiger partial charge in [0.05, 0.1) is 0 Å². The minimum Gasteiger partial charge on any atom is -0.480 e. The molecule has 0 bridgehead atoms. The molecule has 6 nitrogen and oxygen atoms in total. The predicted molar refractivity (Wildman–Crippen MR) is 50.3 cm³/mol. The van der Waals surface area contributed by atoms with Crippen molar-refractivity contribution in [2.45, 2.75) is 13.3 Å². The monoisotopic (exact) mass is 212 g/mol. The first-order valence-corrected chi connectivity index (χ1v) is 4.56. The Morgan fingerprint density at radius 3 is 2.80 bits per heavy atom. The molecule has 0 saturated heterocycles. The fourth-order valence-corrected chi connectivity index (χ4v) is 1.17. The Kier molecular flexibility index (Phi) is 3.84. The van der Waals surface area contributed by atoms with Crippen LogP contribution in [0.25, 0.3) is 0 Å². The molecule has 0 aromatic carbocycles. The first kappa shape index (κ1) is 11.2. The van der Waals surface area contributed by atoms with Gasteiger partial charge in [0, 0.05) is 12.6 Å². The summed E-state index contributed by atoms with van der Waals surface area (Å²) in [5.74, 6) is -1.46. The second-order valence-corrected chi connectivity index (χ2v) is 3.01. The van der Waals surface area contributed by atoms with E-state index in [2.05, 4.69) is 9.68 Å². The lowest BCUT2D eigenvalue weighted by Crippen LogP contribution is -2.36. The summed E-state index contributed by atoms with van der Waals surface area (Å²) in [7, 11) is 0. The largest absolute Gasteiger partial charge is 0.480 e. The van der Waals surface area contributed by atoms with Gasteiger partial charge in [-0.3, -0.25) is 9.59 Å². The van der Waals surface area contributed by atoms with Crippen molar-refractivity contribution in [2.75, 3.05) is 13.1 Å². The van der Waals surface area contributed by atoms with Gasteiger partial charge >= 0.3 is 5.97 Å². The number of aliphatic carboxylic acids is 1. The Morgan fingerprint density at radius 1 is 1.60 bits per heavy atom. The minimum absolute atomic E-state index is 0.129. The van der Waals surface area contributed by atoms with Gasteiger partial charge in [-0.2, -0.15) is 0 Å². The van der Waals surface area contributed by atoms with E-state index in [9.17, 15) is 9.59 Å². The van der Waals surface area contributed by atoms with Crippen molar-refractivity contribution < 1.29 is 19.2 Å². The molecule has 0 unspecified atom stereocenters. The topological polar surface area (TPSA) is 83.6 Å². The smallest absolute Gasteiger partial charge is 0.323 e. The molecule has 0 aliphatic rings. The van der Waals surface area contributed by atoms with Crippen LogP contribution in [0, 0.1) is 0 Å². The third-order valence-corrected chi connectivity index (χ3v) is 1.76. The molecule has 1 aromatic rings. The Labute approximate surface area is 86.5 Å². The quantitative estimate of drug-likeness (QED) is 0.773. The summed E-state index contributed by atoms with van der Waals surface area (Å²) in [6, 6.07) is 1.41. The van der Waals surface area contributed by atoms with Crippen LogP contribution < -0.4 is 0 Å². The molecule has 0 aliphatic carbocycles. The van der Waals surface area contributed by atoms with Crippen molar-refractivity contribution in [3.63, 3.8) is 0 Å². The highest BCUT2D eigenvalue weighted by Crippen LogP contribution is 2.02. The molecule has 82 valence electrons. The Balaban J connectivity index is 2.71. The standard InChI is InChI=1S/C9H12N2O4/c1-2-4-11(6-8(12)13)9(14)7-3-5-15-10-7/h3,5H,2,4,6H2,1H3,(H,12,13). The van der Waals surface area contributed by atoms with Crippen LogP contribution in [0.5, 0.6) is 0 Å². The second-order valence-electron chi connectivity index (χ2n) is 3.01. The van der Waals surface area contributed by atoms with Gasteiger partial charge in [0.15, 0.2) is 5.69 Å². The van der Waals surface area contributed by atoms with Gasteiger partial charge in [-0.25, -0.2) is 0 Å². The van der Waals surface area contributed by atoms with Crippen LogP contribution in [0.2, 0.25) is 0 Å². The molecule has 1 heterocycles. The lowest BCUT2D eigenvalue weighted by Gasteiger charge is -2.18. The second kappa shape index (κ2) is 5.14. The average molecular weight is 212 g/mol. The van der Waals surface area contributed by atoms with Crippen LogP contribution >= 0.6 is 0 Å². The zero-order chi connectivity index (χ0) is 11.3. The summed E-state index contributed by atoms with van der Waals surface area (Å²) >= 11 is 0. The zero-order valence-corrected chi connectivity index (χ0v) is 8.34. The molecule has 1 N–H and O–H groups in total. The van der Waals surface area contributed by atoms with Gasteiger partial charge in [-0.1, -0.05) is 12.1 Å². The van der Waals surface area contributed by atoms with Crippen molar-refractivity contribution in [1.29, 1.82) is 0 Å². The third kappa shape index (κ3) is 3.08. The molecule has 0 spiro atoms. The predicted octanol–water partition coefficient (Wildman–Crippen LogP) is 0.611. The van der Waals surface area contributed by atoms with Gasteiger partial charge in [0.25, 0.3) is 5.91 Å². The normalized spacial score (nSPS) is 9.93. The van der Waals surface area contributed by atoms with E-state index >= 15 is 0 Å². The van der Waals surface area contributed by atoms with Crippen LogP contribution in [0.3, 0.4) is 0 Å². The number of nitrogens with zero attached hydrogens (tertiary/aromatic N) is 2. The molecule has 15 heavy (non-hydrogen) atoms. The van der Waals surface area contributed by atoms with Crippen LogP contribution in [-0.4, -0.2) is 40.1 Å². The molecule has 0 saturated carbocycles. The maximum atomic E-state index is 11.7. The Morgan fingerprint density at radius 2 is 2.33 bits per heavy atom. The lowest BCUT2D eigenvalue weighted by molar-refractivity contribution is -0.137. The average Bonchev–Trinajstić information content (AvgIpc) is 2.68. The molecular weight excluding hydrogens is 200 g/mol. The van der Waals surface area contributed by atoms with Crippen molar-refractivity contribution in [2.24, 2.45) is 0 Å². The highest BCUT2D eigenvalue weighted by Gasteiger charge is 2.19. The van der Waals surface area contributed by atoms with E-state index in [1.54, 1.807) is 0 Å². The summed E-state index contributed by atoms with van der Waals surface area (Å²) in [5.41, 5.74) is 0.129. The number of carboxylic acid groups (broad SMARTS) is 1. The highest BCUT2D eigenvalue weighted by molar-refractivity contribution is 5.93. The number of amides is 1. The van der Waals surface area contributed by atoms with E-state index in [1.165, 1.54) is 17.2 Å². The molecule has 1 amide bonds. The fourth-order valence-electron chi connectivity index (χ4n) is 1.17. The van der Waals surface area contributed by atoms with Crippen molar-refractivity contribution >= 4 is 11.9 Å². The van der Waals surface area contributed by atoms with Crippen LogP contribution in [0.1, 0.15) is 23.8 Å². The third-order valence-electron chi connectivity index (χ3n) is 1.76. The van der Waals surface area contributed by atoms with Crippen LogP contribution in [-0.2, 0) is 4.79 Å². The molecule has 1 aromatic heterocycles. The number of carbonyl (C=O) groups is 2. The van der Waals surface area contributed by atoms with Gasteiger partial charge in [0.1, 0.15) is 12.8 Å². The van der Waals surface area contributed by atoms with E-state index in [0.717, 1.165) is 0 Å². The number of carboxylic acids is 1. The summed E-state index contributed by atoms with van der Waals surface area (Å²) in [5, 5.41) is 12.1. The van der Waals surface area contributed by atoms with Crippen molar-refractivity contribution in [3.8, 4) is 0 Å². The lowest BCUT2D eigenvalue weighted by atomic mass is 10.3. The van der Waals surface area contributed by atoms with Gasteiger partial charge < -0.3 is 14.5 Å². The summed E-state index contributed by atoms with van der Waals surface area (Å²) in [6.07, 6.45) is 1.97. The summed E-state index contributed by atoms with van der Waals surface area (Å²) in [6.45, 7) is 1.93. The molecule has 0 radical (unpaired) electrons. The van der Waals surface area contributed by atoms with Crippen molar-refractivity contribution in [1.82, 2.24) is 10.1 Å². The van der Waals surface area contributed by atoms with E-state index in [-0.39, 0.29) is 12.2 Å².